The van der Waals surface area contributed by atoms with Crippen LogP contribution in [-0.2, 0) is 14.4 Å². The van der Waals surface area contributed by atoms with E-state index in [1.807, 2.05) is 32.9 Å². The number of likely N-dealkylation sites (N-methyl/N-ethyl adjacent to an activating group) is 1. The summed E-state index contributed by atoms with van der Waals surface area (Å²) in [6.45, 7) is 5.35. The van der Waals surface area contributed by atoms with Gasteiger partial charge in [-0.2, -0.15) is 0 Å². The normalized spacial score (nSPS) is 10.7. The fourth-order valence-electron chi connectivity index (χ4n) is 3.12. The van der Waals surface area contributed by atoms with Crippen LogP contribution in [0.25, 0.3) is 0 Å². The highest BCUT2D eigenvalue weighted by Crippen LogP contribution is 2.21. The second-order valence-electron chi connectivity index (χ2n) is 7.45. The fourth-order valence-corrected chi connectivity index (χ4v) is 3.12. The van der Waals surface area contributed by atoms with Crippen LogP contribution in [0, 0.1) is 32.4 Å². The van der Waals surface area contributed by atoms with Crippen molar-refractivity contribution in [1.82, 2.24) is 10.2 Å². The number of halogens is 2. The molecular weight excluding hydrogens is 406 g/mol. The SMILES string of the molecule is Cc1cc(C)c(NC(=O)CN(C)CC(=O)NCC(=O)Nc2ccc(F)c(F)c2)c(C)c1. The van der Waals surface area contributed by atoms with Gasteiger partial charge in [0.05, 0.1) is 19.6 Å². The Morgan fingerprint density at radius 3 is 2.06 bits per heavy atom. The van der Waals surface area contributed by atoms with E-state index in [9.17, 15) is 23.2 Å². The van der Waals surface area contributed by atoms with E-state index in [-0.39, 0.29) is 31.2 Å². The zero-order valence-electron chi connectivity index (χ0n) is 17.9. The fraction of sp³-hybridized carbons (Fsp3) is 0.318. The highest BCUT2D eigenvalue weighted by molar-refractivity contribution is 5.95. The highest BCUT2D eigenvalue weighted by atomic mass is 19.2. The van der Waals surface area contributed by atoms with E-state index in [1.54, 1.807) is 7.05 Å². The van der Waals surface area contributed by atoms with Gasteiger partial charge in [0.1, 0.15) is 0 Å². The number of anilines is 2. The van der Waals surface area contributed by atoms with Gasteiger partial charge in [0.2, 0.25) is 17.7 Å². The molecule has 9 heteroatoms. The van der Waals surface area contributed by atoms with E-state index < -0.39 is 23.4 Å². The number of nitrogens with one attached hydrogen (secondary N) is 3. The summed E-state index contributed by atoms with van der Waals surface area (Å²) >= 11 is 0. The summed E-state index contributed by atoms with van der Waals surface area (Å²) in [4.78, 5) is 37.7. The zero-order valence-corrected chi connectivity index (χ0v) is 17.9. The minimum absolute atomic E-state index is 0.0127. The zero-order chi connectivity index (χ0) is 23.1. The maximum absolute atomic E-state index is 13.2. The Hall–Kier alpha value is -3.33. The molecule has 0 bridgehead atoms. The van der Waals surface area contributed by atoms with Gasteiger partial charge in [-0.25, -0.2) is 8.78 Å². The minimum atomic E-state index is -1.09. The number of hydrogen-bond acceptors (Lipinski definition) is 4. The quantitative estimate of drug-likeness (QED) is 0.598. The van der Waals surface area contributed by atoms with Crippen molar-refractivity contribution in [3.05, 3.63) is 58.7 Å². The molecule has 31 heavy (non-hydrogen) atoms. The van der Waals surface area contributed by atoms with Gasteiger partial charge in [-0.15, -0.1) is 0 Å². The molecule has 0 heterocycles. The number of carbonyl (C=O) groups is 3. The molecule has 0 fully saturated rings. The molecule has 0 aliphatic carbocycles. The van der Waals surface area contributed by atoms with Crippen LogP contribution in [0.1, 0.15) is 16.7 Å². The Kier molecular flexibility index (Phi) is 8.21. The van der Waals surface area contributed by atoms with Crippen LogP contribution in [0.15, 0.2) is 30.3 Å². The molecule has 3 N–H and O–H groups in total. The molecule has 0 saturated carbocycles. The topological polar surface area (TPSA) is 90.5 Å². The summed E-state index contributed by atoms with van der Waals surface area (Å²) in [6.07, 6.45) is 0. The van der Waals surface area contributed by atoms with Crippen LogP contribution in [-0.4, -0.2) is 49.3 Å². The Balaban J connectivity index is 1.77. The van der Waals surface area contributed by atoms with Gasteiger partial charge in [0, 0.05) is 17.4 Å². The highest BCUT2D eigenvalue weighted by Gasteiger charge is 2.14. The van der Waals surface area contributed by atoms with Crippen LogP contribution in [0.5, 0.6) is 0 Å². The van der Waals surface area contributed by atoms with Crippen molar-refractivity contribution in [3.8, 4) is 0 Å². The van der Waals surface area contributed by atoms with Gasteiger partial charge >= 0.3 is 0 Å². The van der Waals surface area contributed by atoms with Crippen LogP contribution in [0.2, 0.25) is 0 Å². The standard InChI is InChI=1S/C22H26F2N4O3/c1-13-7-14(2)22(15(3)8-13)27-21(31)12-28(4)11-20(30)25-10-19(29)26-16-5-6-17(23)18(24)9-16/h5-9H,10-12H2,1-4H3,(H,25,30)(H,26,29)(H,27,31). The van der Waals surface area contributed by atoms with Gasteiger partial charge in [0.15, 0.2) is 11.6 Å². The summed E-state index contributed by atoms with van der Waals surface area (Å²) in [7, 11) is 1.61. The first-order valence-corrected chi connectivity index (χ1v) is 9.63. The molecule has 0 aliphatic rings. The molecule has 3 amide bonds. The number of amides is 3. The Morgan fingerprint density at radius 1 is 0.839 bits per heavy atom. The van der Waals surface area contributed by atoms with Crippen molar-refractivity contribution < 1.29 is 23.2 Å². The van der Waals surface area contributed by atoms with Crippen molar-refractivity contribution in [2.45, 2.75) is 20.8 Å². The van der Waals surface area contributed by atoms with Crippen LogP contribution in [0.3, 0.4) is 0 Å². The van der Waals surface area contributed by atoms with Crippen LogP contribution in [0.4, 0.5) is 20.2 Å². The van der Waals surface area contributed by atoms with E-state index in [0.29, 0.717) is 0 Å². The largest absolute Gasteiger partial charge is 0.346 e. The molecule has 166 valence electrons. The lowest BCUT2D eigenvalue weighted by atomic mass is 10.1. The number of carbonyl (C=O) groups excluding carboxylic acids is 3. The third-order valence-electron chi connectivity index (χ3n) is 4.42. The minimum Gasteiger partial charge on any atom is -0.346 e. The summed E-state index contributed by atoms with van der Waals surface area (Å²) in [6, 6.07) is 6.90. The molecule has 0 radical (unpaired) electrons. The number of hydrogen-bond donors (Lipinski definition) is 3. The number of rotatable bonds is 8. The maximum Gasteiger partial charge on any atom is 0.243 e. The second kappa shape index (κ2) is 10.6. The molecule has 2 aromatic carbocycles. The molecule has 2 aromatic rings. The van der Waals surface area contributed by atoms with Crippen LogP contribution < -0.4 is 16.0 Å². The second-order valence-corrected chi connectivity index (χ2v) is 7.45. The lowest BCUT2D eigenvalue weighted by Crippen LogP contribution is -2.41. The predicted molar refractivity (Wildman–Crippen MR) is 115 cm³/mol. The summed E-state index contributed by atoms with van der Waals surface area (Å²) < 4.78 is 26.1. The van der Waals surface area contributed by atoms with E-state index in [1.165, 1.54) is 11.0 Å². The van der Waals surface area contributed by atoms with Crippen LogP contribution >= 0.6 is 0 Å². The number of nitrogens with zero attached hydrogens (tertiary/aromatic N) is 1. The van der Waals surface area contributed by atoms with Gasteiger partial charge in [-0.05, 0) is 51.1 Å². The smallest absolute Gasteiger partial charge is 0.243 e. The van der Waals surface area contributed by atoms with Crippen molar-refractivity contribution in [2.75, 3.05) is 37.3 Å². The first-order valence-electron chi connectivity index (χ1n) is 9.63. The molecule has 0 aliphatic heterocycles. The third kappa shape index (κ3) is 7.45. The average molecular weight is 432 g/mol. The van der Waals surface area contributed by atoms with Crippen molar-refractivity contribution >= 4 is 29.1 Å². The summed E-state index contributed by atoms with van der Waals surface area (Å²) in [5.41, 5.74) is 3.85. The molecule has 0 unspecified atom stereocenters. The Labute approximate surface area is 179 Å². The first kappa shape index (κ1) is 23.9. The monoisotopic (exact) mass is 432 g/mol. The number of aryl methyl sites for hydroxylation is 3. The van der Waals surface area contributed by atoms with E-state index in [0.717, 1.165) is 34.5 Å². The molecule has 7 nitrogen and oxygen atoms in total. The lowest BCUT2D eigenvalue weighted by Gasteiger charge is -2.18. The van der Waals surface area contributed by atoms with Crippen molar-refractivity contribution in [2.24, 2.45) is 0 Å². The van der Waals surface area contributed by atoms with Crippen molar-refractivity contribution in [1.29, 1.82) is 0 Å². The van der Waals surface area contributed by atoms with Gasteiger partial charge < -0.3 is 16.0 Å². The molecule has 0 aromatic heterocycles. The average Bonchev–Trinajstić information content (AvgIpc) is 2.66. The predicted octanol–water partition coefficient (Wildman–Crippen LogP) is 2.52. The summed E-state index contributed by atoms with van der Waals surface area (Å²) in [5.74, 6) is -3.42. The van der Waals surface area contributed by atoms with E-state index in [4.69, 9.17) is 0 Å². The molecular formula is C22H26F2N4O3. The molecule has 2 rings (SSSR count). The Bertz CT molecular complexity index is 972. The maximum atomic E-state index is 13.2. The van der Waals surface area contributed by atoms with E-state index in [2.05, 4.69) is 16.0 Å². The molecule has 0 spiro atoms. The van der Waals surface area contributed by atoms with Gasteiger partial charge in [-0.1, -0.05) is 17.7 Å². The van der Waals surface area contributed by atoms with Crippen molar-refractivity contribution in [3.63, 3.8) is 0 Å². The third-order valence-corrected chi connectivity index (χ3v) is 4.42. The molecule has 0 atom stereocenters. The lowest BCUT2D eigenvalue weighted by molar-refractivity contribution is -0.125. The molecule has 0 saturated heterocycles. The van der Waals surface area contributed by atoms with E-state index >= 15 is 0 Å². The number of benzene rings is 2. The van der Waals surface area contributed by atoms with Gasteiger partial charge in [-0.3, -0.25) is 19.3 Å². The van der Waals surface area contributed by atoms with Gasteiger partial charge in [0.25, 0.3) is 0 Å². The summed E-state index contributed by atoms with van der Waals surface area (Å²) in [5, 5.41) is 7.63. The first-order chi connectivity index (χ1) is 14.5. The Morgan fingerprint density at radius 2 is 1.45 bits per heavy atom.